The van der Waals surface area contributed by atoms with Crippen molar-refractivity contribution in [1.29, 1.82) is 0 Å². The molecule has 0 saturated carbocycles. The van der Waals surface area contributed by atoms with Crippen LogP contribution in [0.15, 0.2) is 18.5 Å². The minimum Gasteiger partial charge on any atom is -0.388 e. The summed E-state index contributed by atoms with van der Waals surface area (Å²) in [6.45, 7) is 1.55. The van der Waals surface area contributed by atoms with Gasteiger partial charge in [0.25, 0.3) is 0 Å². The summed E-state index contributed by atoms with van der Waals surface area (Å²) in [4.78, 5) is 11.6. The van der Waals surface area contributed by atoms with E-state index < -0.39 is 5.60 Å². The van der Waals surface area contributed by atoms with E-state index in [-0.39, 0.29) is 19.0 Å². The van der Waals surface area contributed by atoms with Crippen LogP contribution in [0.3, 0.4) is 0 Å². The van der Waals surface area contributed by atoms with Crippen molar-refractivity contribution < 1.29 is 14.6 Å². The highest BCUT2D eigenvalue weighted by Crippen LogP contribution is 2.19. The van der Waals surface area contributed by atoms with Crippen LogP contribution in [-0.4, -0.2) is 46.2 Å². The Kier molecular flexibility index (Phi) is 3.75. The lowest BCUT2D eigenvalue weighted by molar-refractivity contribution is -0.124. The molecule has 2 heterocycles. The maximum absolute atomic E-state index is 11.6. The Balaban J connectivity index is 1.75. The Bertz CT molecular complexity index is 358. The lowest BCUT2D eigenvalue weighted by Gasteiger charge is -2.32. The molecular formula is C11H17N3O3. The van der Waals surface area contributed by atoms with Crippen molar-refractivity contribution in [2.45, 2.75) is 25.0 Å². The van der Waals surface area contributed by atoms with Gasteiger partial charge in [0.1, 0.15) is 6.54 Å². The molecule has 0 unspecified atom stereocenters. The van der Waals surface area contributed by atoms with Crippen LogP contribution in [0.2, 0.25) is 0 Å². The number of hydrogen-bond donors (Lipinski definition) is 2. The number of carbonyl (C=O) groups is 1. The number of hydrogen-bond acceptors (Lipinski definition) is 4. The van der Waals surface area contributed by atoms with Crippen molar-refractivity contribution in [3.63, 3.8) is 0 Å². The van der Waals surface area contributed by atoms with E-state index in [1.807, 2.05) is 0 Å². The highest BCUT2D eigenvalue weighted by molar-refractivity contribution is 5.75. The molecule has 1 amide bonds. The van der Waals surface area contributed by atoms with Crippen LogP contribution in [-0.2, 0) is 16.1 Å². The molecule has 1 aliphatic heterocycles. The van der Waals surface area contributed by atoms with E-state index >= 15 is 0 Å². The number of nitrogens with one attached hydrogen (secondary N) is 1. The number of ether oxygens (including phenoxy) is 1. The predicted molar refractivity (Wildman–Crippen MR) is 60.2 cm³/mol. The van der Waals surface area contributed by atoms with E-state index in [1.54, 1.807) is 23.1 Å². The molecule has 6 nitrogen and oxygen atoms in total. The molecule has 0 aliphatic carbocycles. The van der Waals surface area contributed by atoms with Gasteiger partial charge in [0.2, 0.25) is 5.91 Å². The van der Waals surface area contributed by atoms with Gasteiger partial charge in [-0.05, 0) is 6.07 Å². The Morgan fingerprint density at radius 3 is 2.94 bits per heavy atom. The van der Waals surface area contributed by atoms with Crippen molar-refractivity contribution in [1.82, 2.24) is 15.1 Å². The zero-order chi connectivity index (χ0) is 12.1. The molecular weight excluding hydrogens is 222 g/mol. The van der Waals surface area contributed by atoms with Gasteiger partial charge in [-0.3, -0.25) is 9.48 Å². The minimum absolute atomic E-state index is 0.145. The van der Waals surface area contributed by atoms with E-state index in [0.29, 0.717) is 26.1 Å². The van der Waals surface area contributed by atoms with E-state index in [9.17, 15) is 9.90 Å². The van der Waals surface area contributed by atoms with Crippen LogP contribution in [0.1, 0.15) is 12.8 Å². The summed E-state index contributed by atoms with van der Waals surface area (Å²) < 4.78 is 6.72. The number of aliphatic hydroxyl groups is 1. The molecule has 17 heavy (non-hydrogen) atoms. The first-order valence-corrected chi connectivity index (χ1v) is 5.72. The van der Waals surface area contributed by atoms with Crippen LogP contribution < -0.4 is 5.32 Å². The molecule has 94 valence electrons. The predicted octanol–water partition coefficient (Wildman–Crippen LogP) is -0.459. The average Bonchev–Trinajstić information content (AvgIpc) is 2.80. The highest BCUT2D eigenvalue weighted by Gasteiger charge is 2.29. The van der Waals surface area contributed by atoms with Crippen LogP contribution in [0.5, 0.6) is 0 Å². The Morgan fingerprint density at radius 1 is 1.53 bits per heavy atom. The van der Waals surface area contributed by atoms with Gasteiger partial charge < -0.3 is 15.2 Å². The fourth-order valence-corrected chi connectivity index (χ4v) is 1.79. The lowest BCUT2D eigenvalue weighted by atomic mass is 9.94. The van der Waals surface area contributed by atoms with Crippen LogP contribution in [0, 0.1) is 0 Å². The van der Waals surface area contributed by atoms with Crippen molar-refractivity contribution in [3.05, 3.63) is 18.5 Å². The maximum atomic E-state index is 11.6. The monoisotopic (exact) mass is 239 g/mol. The van der Waals surface area contributed by atoms with E-state index in [0.717, 1.165) is 0 Å². The molecule has 0 spiro atoms. The molecule has 1 saturated heterocycles. The molecule has 0 radical (unpaired) electrons. The van der Waals surface area contributed by atoms with Crippen LogP contribution in [0.25, 0.3) is 0 Å². The summed E-state index contributed by atoms with van der Waals surface area (Å²) in [7, 11) is 0. The zero-order valence-corrected chi connectivity index (χ0v) is 9.63. The summed E-state index contributed by atoms with van der Waals surface area (Å²) >= 11 is 0. The largest absolute Gasteiger partial charge is 0.388 e. The average molecular weight is 239 g/mol. The first-order chi connectivity index (χ1) is 8.18. The van der Waals surface area contributed by atoms with E-state index in [4.69, 9.17) is 4.74 Å². The van der Waals surface area contributed by atoms with Crippen LogP contribution >= 0.6 is 0 Å². The number of rotatable bonds is 4. The number of carbonyl (C=O) groups excluding carboxylic acids is 1. The molecule has 1 fully saturated rings. The van der Waals surface area contributed by atoms with Gasteiger partial charge in [-0.25, -0.2) is 0 Å². The number of aromatic nitrogens is 2. The summed E-state index contributed by atoms with van der Waals surface area (Å²) in [5.74, 6) is -0.145. The highest BCUT2D eigenvalue weighted by atomic mass is 16.5. The lowest BCUT2D eigenvalue weighted by Crippen LogP contribution is -2.47. The normalized spacial score (nSPS) is 18.9. The summed E-state index contributed by atoms with van der Waals surface area (Å²) in [6, 6.07) is 1.76. The second kappa shape index (κ2) is 5.29. The van der Waals surface area contributed by atoms with E-state index in [1.165, 1.54) is 0 Å². The first-order valence-electron chi connectivity index (χ1n) is 5.72. The molecule has 1 aromatic heterocycles. The number of amides is 1. The molecule has 0 bridgehead atoms. The van der Waals surface area contributed by atoms with Gasteiger partial charge in [0.15, 0.2) is 0 Å². The summed E-state index contributed by atoms with van der Waals surface area (Å²) in [5.41, 5.74) is -0.821. The van der Waals surface area contributed by atoms with Gasteiger partial charge in [0.05, 0.1) is 5.60 Å². The van der Waals surface area contributed by atoms with Gasteiger partial charge in [-0.15, -0.1) is 0 Å². The Morgan fingerprint density at radius 2 is 2.29 bits per heavy atom. The van der Waals surface area contributed by atoms with Crippen molar-refractivity contribution in [2.24, 2.45) is 0 Å². The third-order valence-electron chi connectivity index (χ3n) is 2.90. The van der Waals surface area contributed by atoms with Gasteiger partial charge in [0, 0.05) is 45.0 Å². The fourth-order valence-electron chi connectivity index (χ4n) is 1.79. The van der Waals surface area contributed by atoms with E-state index in [2.05, 4.69) is 10.4 Å². The van der Waals surface area contributed by atoms with Gasteiger partial charge in [-0.1, -0.05) is 0 Å². The second-order valence-electron chi connectivity index (χ2n) is 4.32. The second-order valence-corrected chi connectivity index (χ2v) is 4.32. The number of nitrogens with zero attached hydrogens (tertiary/aromatic N) is 2. The maximum Gasteiger partial charge on any atom is 0.241 e. The Hall–Kier alpha value is -1.40. The quantitative estimate of drug-likeness (QED) is 0.745. The fraction of sp³-hybridized carbons (Fsp3) is 0.636. The topological polar surface area (TPSA) is 76.4 Å². The van der Waals surface area contributed by atoms with Crippen LogP contribution in [0.4, 0.5) is 0 Å². The third kappa shape index (κ3) is 3.54. The standard InChI is InChI=1S/C11H17N3O3/c15-10(8-14-5-1-4-13-14)12-9-11(16)2-6-17-7-3-11/h1,4-5,16H,2-3,6-9H2,(H,12,15). The smallest absolute Gasteiger partial charge is 0.241 e. The minimum atomic E-state index is -0.821. The molecule has 0 aromatic carbocycles. The van der Waals surface area contributed by atoms with Gasteiger partial charge in [-0.2, -0.15) is 5.10 Å². The molecule has 6 heteroatoms. The van der Waals surface area contributed by atoms with Gasteiger partial charge >= 0.3 is 0 Å². The molecule has 2 N–H and O–H groups in total. The van der Waals surface area contributed by atoms with Crippen molar-refractivity contribution in [3.8, 4) is 0 Å². The first kappa shape index (κ1) is 12.1. The molecule has 0 atom stereocenters. The van der Waals surface area contributed by atoms with Crippen molar-refractivity contribution in [2.75, 3.05) is 19.8 Å². The summed E-state index contributed by atoms with van der Waals surface area (Å²) in [6.07, 6.45) is 4.48. The Labute approximate surface area is 99.6 Å². The third-order valence-corrected chi connectivity index (χ3v) is 2.90. The molecule has 1 aliphatic rings. The SMILES string of the molecule is O=C(Cn1cccn1)NCC1(O)CCOCC1. The molecule has 2 rings (SSSR count). The van der Waals surface area contributed by atoms with Crippen molar-refractivity contribution >= 4 is 5.91 Å². The summed E-state index contributed by atoms with van der Waals surface area (Å²) in [5, 5.41) is 16.8. The zero-order valence-electron chi connectivity index (χ0n) is 9.63. The molecule has 1 aromatic rings.